The van der Waals surface area contributed by atoms with Crippen molar-refractivity contribution in [3.05, 3.63) is 105 Å². The van der Waals surface area contributed by atoms with E-state index in [1.54, 1.807) is 11.7 Å². The van der Waals surface area contributed by atoms with Gasteiger partial charge in [0.25, 0.3) is 5.56 Å². The lowest BCUT2D eigenvalue weighted by Gasteiger charge is -2.15. The summed E-state index contributed by atoms with van der Waals surface area (Å²) in [6.45, 7) is 3.90. The third kappa shape index (κ3) is 5.32. The van der Waals surface area contributed by atoms with E-state index in [0.717, 1.165) is 28.6 Å². The molecule has 0 aliphatic carbocycles. The zero-order valence-corrected chi connectivity index (χ0v) is 19.2. The number of methoxy groups -OCH3 is 1. The molecule has 0 unspecified atom stereocenters. The van der Waals surface area contributed by atoms with E-state index in [1.807, 2.05) is 68.4 Å². The number of carbonyl (C=O) groups excluding carboxylic acids is 1. The van der Waals surface area contributed by atoms with Gasteiger partial charge in [0, 0.05) is 17.3 Å². The average molecular weight is 441 g/mol. The minimum absolute atomic E-state index is 0.0747. The van der Waals surface area contributed by atoms with Crippen LogP contribution in [-0.4, -0.2) is 17.6 Å². The number of amides is 1. The summed E-state index contributed by atoms with van der Waals surface area (Å²) in [5.74, 6) is 0.397. The van der Waals surface area contributed by atoms with Gasteiger partial charge in [-0.3, -0.25) is 14.2 Å². The van der Waals surface area contributed by atoms with E-state index < -0.39 is 0 Å². The number of hydrogen-bond acceptors (Lipinski definition) is 3. The quantitative estimate of drug-likeness (QED) is 0.437. The molecular weight excluding hydrogens is 412 g/mol. The fourth-order valence-corrected chi connectivity index (χ4v) is 4.19. The van der Waals surface area contributed by atoms with E-state index in [-0.39, 0.29) is 18.0 Å². The zero-order chi connectivity index (χ0) is 23.4. The number of pyridine rings is 1. The third-order valence-corrected chi connectivity index (χ3v) is 5.71. The van der Waals surface area contributed by atoms with Crippen LogP contribution in [0.15, 0.2) is 77.6 Å². The molecule has 5 heteroatoms. The van der Waals surface area contributed by atoms with Gasteiger partial charge in [0.05, 0.1) is 12.6 Å². The highest BCUT2D eigenvalue weighted by atomic mass is 16.5. The zero-order valence-electron chi connectivity index (χ0n) is 19.2. The van der Waals surface area contributed by atoms with Crippen molar-refractivity contribution < 1.29 is 9.53 Å². The Morgan fingerprint density at radius 3 is 2.33 bits per heavy atom. The van der Waals surface area contributed by atoms with Crippen molar-refractivity contribution >= 4 is 22.5 Å². The van der Waals surface area contributed by atoms with E-state index in [9.17, 15) is 9.59 Å². The number of ether oxygens (including phenoxy) is 1. The molecule has 4 aromatic rings. The summed E-state index contributed by atoms with van der Waals surface area (Å²) in [7, 11) is 1.59. The van der Waals surface area contributed by atoms with E-state index >= 15 is 0 Å². The van der Waals surface area contributed by atoms with Crippen molar-refractivity contribution in [2.24, 2.45) is 0 Å². The fourth-order valence-electron chi connectivity index (χ4n) is 4.19. The summed E-state index contributed by atoms with van der Waals surface area (Å²) in [6.07, 6.45) is 1.36. The minimum atomic E-state index is -0.244. The maximum absolute atomic E-state index is 13.4. The largest absolute Gasteiger partial charge is 0.497 e. The first-order valence-corrected chi connectivity index (χ1v) is 11.1. The summed E-state index contributed by atoms with van der Waals surface area (Å²) in [6, 6.07) is 23.5. The van der Waals surface area contributed by atoms with Gasteiger partial charge in [-0.25, -0.2) is 0 Å². The number of aromatic nitrogens is 1. The minimum Gasteiger partial charge on any atom is -0.497 e. The Kier molecular flexibility index (Phi) is 6.59. The molecule has 0 fully saturated rings. The Hall–Kier alpha value is -3.86. The first-order chi connectivity index (χ1) is 15.9. The number of aryl methyl sites for hydroxylation is 4. The Morgan fingerprint density at radius 2 is 1.64 bits per heavy atom. The lowest BCUT2D eigenvalue weighted by atomic mass is 10.0. The molecule has 1 heterocycles. The van der Waals surface area contributed by atoms with Crippen LogP contribution in [0.25, 0.3) is 10.9 Å². The highest BCUT2D eigenvalue weighted by molar-refractivity contribution is 5.92. The van der Waals surface area contributed by atoms with Gasteiger partial charge in [0.1, 0.15) is 12.3 Å². The number of anilines is 1. The molecule has 0 radical (unpaired) electrons. The highest BCUT2D eigenvalue weighted by Gasteiger charge is 2.14. The second kappa shape index (κ2) is 9.74. The maximum atomic E-state index is 13.4. The molecule has 168 valence electrons. The molecule has 5 nitrogen and oxygen atoms in total. The van der Waals surface area contributed by atoms with Gasteiger partial charge >= 0.3 is 0 Å². The van der Waals surface area contributed by atoms with Crippen molar-refractivity contribution in [1.29, 1.82) is 0 Å². The van der Waals surface area contributed by atoms with Crippen LogP contribution < -0.4 is 15.6 Å². The summed E-state index contributed by atoms with van der Waals surface area (Å²) in [5, 5.41) is 3.84. The van der Waals surface area contributed by atoms with Crippen LogP contribution in [0.5, 0.6) is 5.75 Å². The Bertz CT molecular complexity index is 1340. The lowest BCUT2D eigenvalue weighted by molar-refractivity contribution is -0.116. The molecule has 1 N–H and O–H groups in total. The molecule has 0 aliphatic heterocycles. The number of benzene rings is 3. The first kappa shape index (κ1) is 22.3. The summed E-state index contributed by atoms with van der Waals surface area (Å²) >= 11 is 0. The SMILES string of the molecule is COc1ccc2cc(CCc3ccccc3)c(=O)n(CC(=O)Nc3cc(C)cc(C)c3)c2c1. The monoisotopic (exact) mass is 440 g/mol. The number of fused-ring (bicyclic) bond motifs is 1. The van der Waals surface area contributed by atoms with Crippen LogP contribution in [0.3, 0.4) is 0 Å². The average Bonchev–Trinajstić information content (AvgIpc) is 2.79. The smallest absolute Gasteiger partial charge is 0.254 e. The van der Waals surface area contributed by atoms with Gasteiger partial charge in [-0.15, -0.1) is 0 Å². The summed E-state index contributed by atoms with van der Waals surface area (Å²) < 4.78 is 6.92. The van der Waals surface area contributed by atoms with Crippen LogP contribution >= 0.6 is 0 Å². The molecule has 3 aromatic carbocycles. The van der Waals surface area contributed by atoms with Gasteiger partial charge in [-0.2, -0.15) is 0 Å². The van der Waals surface area contributed by atoms with Crippen LogP contribution in [0.4, 0.5) is 5.69 Å². The molecule has 0 bridgehead atoms. The van der Waals surface area contributed by atoms with E-state index in [1.165, 1.54) is 5.56 Å². The Labute approximate surface area is 193 Å². The van der Waals surface area contributed by atoms with Gasteiger partial charge < -0.3 is 10.1 Å². The molecule has 0 aliphatic rings. The van der Waals surface area contributed by atoms with E-state index in [2.05, 4.69) is 23.5 Å². The van der Waals surface area contributed by atoms with Crippen molar-refractivity contribution in [3.8, 4) is 5.75 Å². The highest BCUT2D eigenvalue weighted by Crippen LogP contribution is 2.21. The van der Waals surface area contributed by atoms with E-state index in [4.69, 9.17) is 4.74 Å². The fraction of sp³-hybridized carbons (Fsp3) is 0.214. The molecule has 33 heavy (non-hydrogen) atoms. The second-order valence-electron chi connectivity index (χ2n) is 8.40. The standard InChI is InChI=1S/C28H28N2O3/c1-19-13-20(2)15-24(14-19)29-27(31)18-30-26-17-25(33-3)12-11-22(26)16-23(28(30)32)10-9-21-7-5-4-6-8-21/h4-8,11-17H,9-10,18H2,1-3H3,(H,29,31). The van der Waals surface area contributed by atoms with Crippen molar-refractivity contribution in [3.63, 3.8) is 0 Å². The first-order valence-electron chi connectivity index (χ1n) is 11.1. The molecule has 0 spiro atoms. The Balaban J connectivity index is 1.68. The predicted molar refractivity (Wildman–Crippen MR) is 133 cm³/mol. The molecule has 0 atom stereocenters. The molecule has 1 aromatic heterocycles. The van der Waals surface area contributed by atoms with Crippen LogP contribution in [0.2, 0.25) is 0 Å². The number of nitrogens with one attached hydrogen (secondary N) is 1. The Morgan fingerprint density at radius 1 is 0.909 bits per heavy atom. The van der Waals surface area contributed by atoms with Gasteiger partial charge in [-0.05, 0) is 79.1 Å². The summed E-state index contributed by atoms with van der Waals surface area (Å²) in [5.41, 5.74) is 5.26. The summed E-state index contributed by atoms with van der Waals surface area (Å²) in [4.78, 5) is 26.4. The number of rotatable bonds is 7. The van der Waals surface area contributed by atoms with Crippen LogP contribution in [-0.2, 0) is 24.2 Å². The maximum Gasteiger partial charge on any atom is 0.254 e. The third-order valence-electron chi connectivity index (χ3n) is 5.71. The second-order valence-corrected chi connectivity index (χ2v) is 8.40. The van der Waals surface area contributed by atoms with E-state index in [0.29, 0.717) is 23.3 Å². The van der Waals surface area contributed by atoms with Gasteiger partial charge in [0.2, 0.25) is 5.91 Å². The molecule has 1 amide bonds. The normalized spacial score (nSPS) is 10.9. The van der Waals surface area contributed by atoms with Crippen molar-refractivity contribution in [2.75, 3.05) is 12.4 Å². The number of carbonyl (C=O) groups is 1. The van der Waals surface area contributed by atoms with Gasteiger partial charge in [0.15, 0.2) is 0 Å². The number of nitrogens with zero attached hydrogens (tertiary/aromatic N) is 1. The number of hydrogen-bond donors (Lipinski definition) is 1. The lowest BCUT2D eigenvalue weighted by Crippen LogP contribution is -2.30. The predicted octanol–water partition coefficient (Wildman–Crippen LogP) is 5.05. The molecule has 0 saturated heterocycles. The van der Waals surface area contributed by atoms with Crippen LogP contribution in [0.1, 0.15) is 22.3 Å². The van der Waals surface area contributed by atoms with Gasteiger partial charge in [-0.1, -0.05) is 36.4 Å². The van der Waals surface area contributed by atoms with Crippen molar-refractivity contribution in [1.82, 2.24) is 4.57 Å². The molecule has 0 saturated carbocycles. The topological polar surface area (TPSA) is 60.3 Å². The van der Waals surface area contributed by atoms with Crippen molar-refractivity contribution in [2.45, 2.75) is 33.2 Å². The van der Waals surface area contributed by atoms with Crippen LogP contribution in [0, 0.1) is 13.8 Å². The molecule has 4 rings (SSSR count). The molecular formula is C28H28N2O3.